The zero-order valence-electron chi connectivity index (χ0n) is 10.2. The van der Waals surface area contributed by atoms with E-state index in [0.717, 1.165) is 11.1 Å². The molecule has 2 rings (SSSR count). The number of hydrogen-bond donors (Lipinski definition) is 1. The monoisotopic (exact) mass is 260 g/mol. The normalized spacial score (nSPS) is 10.4. The Morgan fingerprint density at radius 2 is 2.16 bits per heavy atom. The third-order valence-corrected chi connectivity index (χ3v) is 2.77. The first-order chi connectivity index (χ1) is 8.99. The second-order valence-electron chi connectivity index (χ2n) is 4.11. The average molecular weight is 260 g/mol. The van der Waals surface area contributed by atoms with Crippen LogP contribution in [-0.4, -0.2) is 20.6 Å². The van der Waals surface area contributed by atoms with Crippen LogP contribution >= 0.6 is 0 Å². The summed E-state index contributed by atoms with van der Waals surface area (Å²) in [5.74, 6) is -0.907. The molecule has 2 N–H and O–H groups in total. The number of amides is 1. The third-order valence-electron chi connectivity index (χ3n) is 2.77. The number of carbonyl (C=O) groups excluding carboxylic acids is 1. The summed E-state index contributed by atoms with van der Waals surface area (Å²) in [6.07, 6.45) is 1.21. The van der Waals surface area contributed by atoms with Crippen molar-refractivity contribution in [3.05, 3.63) is 57.4 Å². The van der Waals surface area contributed by atoms with Crippen LogP contribution < -0.4 is 5.73 Å². The van der Waals surface area contributed by atoms with E-state index in [2.05, 4.69) is 5.10 Å². The molecule has 1 heterocycles. The van der Waals surface area contributed by atoms with E-state index in [4.69, 9.17) is 5.73 Å². The molecule has 0 aliphatic carbocycles. The summed E-state index contributed by atoms with van der Waals surface area (Å²) in [5, 5.41) is 14.7. The Balaban J connectivity index is 2.37. The number of aromatic nitrogens is 2. The van der Waals surface area contributed by atoms with Gasteiger partial charge in [-0.2, -0.15) is 5.10 Å². The minimum atomic E-state index is -0.907. The Labute approximate surface area is 108 Å². The Hall–Kier alpha value is -2.70. The summed E-state index contributed by atoms with van der Waals surface area (Å²) in [6.45, 7) is 2.28. The van der Waals surface area contributed by atoms with Gasteiger partial charge in [0.05, 0.1) is 11.5 Å². The molecular weight excluding hydrogens is 248 g/mol. The highest BCUT2D eigenvalue weighted by Crippen LogP contribution is 2.17. The van der Waals surface area contributed by atoms with E-state index in [1.807, 2.05) is 31.2 Å². The number of nitro groups is 1. The van der Waals surface area contributed by atoms with Gasteiger partial charge in [0.15, 0.2) is 0 Å². The highest BCUT2D eigenvalue weighted by atomic mass is 16.6. The molecule has 0 saturated carbocycles. The molecule has 7 nitrogen and oxygen atoms in total. The smallest absolute Gasteiger partial charge is 0.320 e. The fourth-order valence-corrected chi connectivity index (χ4v) is 1.76. The van der Waals surface area contributed by atoms with Crippen molar-refractivity contribution in [3.63, 3.8) is 0 Å². The number of carbonyl (C=O) groups is 1. The van der Waals surface area contributed by atoms with Gasteiger partial charge in [-0.1, -0.05) is 24.3 Å². The summed E-state index contributed by atoms with van der Waals surface area (Å²) in [7, 11) is 0. The molecule has 0 radical (unpaired) electrons. The number of hydrogen-bond acceptors (Lipinski definition) is 4. The lowest BCUT2D eigenvalue weighted by atomic mass is 10.1. The number of benzene rings is 1. The lowest BCUT2D eigenvalue weighted by molar-refractivity contribution is -0.385. The summed E-state index contributed by atoms with van der Waals surface area (Å²) < 4.78 is 1.35. The molecular formula is C12H12N4O3. The Morgan fingerprint density at radius 1 is 1.47 bits per heavy atom. The fraction of sp³-hybridized carbons (Fsp3) is 0.167. The average Bonchev–Trinajstić information content (AvgIpc) is 2.76. The summed E-state index contributed by atoms with van der Waals surface area (Å²) >= 11 is 0. The first-order valence-corrected chi connectivity index (χ1v) is 5.55. The molecule has 1 aromatic heterocycles. The molecule has 0 saturated heterocycles. The highest BCUT2D eigenvalue weighted by Gasteiger charge is 2.23. The predicted molar refractivity (Wildman–Crippen MR) is 67.7 cm³/mol. The van der Waals surface area contributed by atoms with Crippen molar-refractivity contribution in [3.8, 4) is 0 Å². The van der Waals surface area contributed by atoms with Gasteiger partial charge in [-0.15, -0.1) is 0 Å². The molecule has 0 spiro atoms. The maximum absolute atomic E-state index is 11.1. The van der Waals surface area contributed by atoms with E-state index in [1.165, 1.54) is 10.9 Å². The van der Waals surface area contributed by atoms with Crippen molar-refractivity contribution in [1.29, 1.82) is 0 Å². The quantitative estimate of drug-likeness (QED) is 0.659. The van der Waals surface area contributed by atoms with Crippen LogP contribution in [0.4, 0.5) is 5.69 Å². The molecule has 0 atom stereocenters. The standard InChI is InChI=1S/C12H12N4O3/c1-8-4-2-3-5-9(8)6-15-7-10(16(18)19)11(14-15)12(13)17/h2-5,7H,6H2,1H3,(H2,13,17). The zero-order valence-corrected chi connectivity index (χ0v) is 10.2. The van der Waals surface area contributed by atoms with E-state index in [9.17, 15) is 14.9 Å². The molecule has 0 unspecified atom stereocenters. The number of rotatable bonds is 4. The summed E-state index contributed by atoms with van der Waals surface area (Å²) in [4.78, 5) is 21.2. The van der Waals surface area contributed by atoms with Gasteiger partial charge in [0, 0.05) is 0 Å². The lowest BCUT2D eigenvalue weighted by Gasteiger charge is -2.04. The largest absolute Gasteiger partial charge is 0.364 e. The van der Waals surface area contributed by atoms with Crippen molar-refractivity contribution >= 4 is 11.6 Å². The second kappa shape index (κ2) is 4.89. The van der Waals surface area contributed by atoms with Crippen molar-refractivity contribution in [1.82, 2.24) is 9.78 Å². The second-order valence-corrected chi connectivity index (χ2v) is 4.11. The molecule has 0 aliphatic heterocycles. The van der Waals surface area contributed by atoms with Crippen LogP contribution in [0.2, 0.25) is 0 Å². The van der Waals surface area contributed by atoms with Gasteiger partial charge in [0.1, 0.15) is 6.20 Å². The Bertz CT molecular complexity index is 617. The van der Waals surface area contributed by atoms with Crippen LogP contribution in [-0.2, 0) is 6.54 Å². The molecule has 2 aromatic rings. The van der Waals surface area contributed by atoms with E-state index in [0.29, 0.717) is 6.54 Å². The topological polar surface area (TPSA) is 104 Å². The third kappa shape index (κ3) is 2.59. The number of aryl methyl sites for hydroxylation is 1. The van der Waals surface area contributed by atoms with Crippen molar-refractivity contribution < 1.29 is 9.72 Å². The zero-order chi connectivity index (χ0) is 14.0. The van der Waals surface area contributed by atoms with Crippen LogP contribution in [0.25, 0.3) is 0 Å². The van der Waals surface area contributed by atoms with Crippen LogP contribution in [0.3, 0.4) is 0 Å². The minimum absolute atomic E-state index is 0.321. The first-order valence-electron chi connectivity index (χ1n) is 5.55. The van der Waals surface area contributed by atoms with E-state index in [-0.39, 0.29) is 11.4 Å². The molecule has 0 bridgehead atoms. The van der Waals surface area contributed by atoms with Gasteiger partial charge in [0.2, 0.25) is 5.69 Å². The molecule has 98 valence electrons. The number of nitrogens with zero attached hydrogens (tertiary/aromatic N) is 3. The maximum Gasteiger partial charge on any atom is 0.320 e. The van der Waals surface area contributed by atoms with Gasteiger partial charge < -0.3 is 5.73 Å². The molecule has 19 heavy (non-hydrogen) atoms. The van der Waals surface area contributed by atoms with Gasteiger partial charge in [0.25, 0.3) is 5.91 Å². The van der Waals surface area contributed by atoms with E-state index >= 15 is 0 Å². The van der Waals surface area contributed by atoms with Crippen molar-refractivity contribution in [2.24, 2.45) is 5.73 Å². The predicted octanol–water partition coefficient (Wildman–Crippen LogP) is 1.25. The van der Waals surface area contributed by atoms with Crippen LogP contribution in [0, 0.1) is 17.0 Å². The molecule has 7 heteroatoms. The molecule has 0 fully saturated rings. The van der Waals surface area contributed by atoms with Crippen LogP contribution in [0.1, 0.15) is 21.6 Å². The minimum Gasteiger partial charge on any atom is -0.364 e. The maximum atomic E-state index is 11.1. The van der Waals surface area contributed by atoms with Gasteiger partial charge in [-0.25, -0.2) is 0 Å². The molecule has 1 amide bonds. The molecule has 1 aromatic carbocycles. The Kier molecular flexibility index (Phi) is 3.28. The first kappa shape index (κ1) is 12.7. The number of primary amides is 1. The van der Waals surface area contributed by atoms with E-state index < -0.39 is 10.8 Å². The molecule has 0 aliphatic rings. The summed E-state index contributed by atoms with van der Waals surface area (Å²) in [6, 6.07) is 7.60. The van der Waals surface area contributed by atoms with Crippen molar-refractivity contribution in [2.45, 2.75) is 13.5 Å². The van der Waals surface area contributed by atoms with Crippen molar-refractivity contribution in [2.75, 3.05) is 0 Å². The fourth-order valence-electron chi connectivity index (χ4n) is 1.76. The lowest BCUT2D eigenvalue weighted by Crippen LogP contribution is -2.14. The number of nitrogens with two attached hydrogens (primary N) is 1. The summed E-state index contributed by atoms with van der Waals surface area (Å²) in [5.41, 5.74) is 6.39. The highest BCUT2D eigenvalue weighted by molar-refractivity contribution is 5.94. The van der Waals surface area contributed by atoms with E-state index in [1.54, 1.807) is 0 Å². The SMILES string of the molecule is Cc1ccccc1Cn1cc([N+](=O)[O-])c(C(N)=O)n1. The van der Waals surface area contributed by atoms with Gasteiger partial charge in [-0.05, 0) is 18.1 Å². The van der Waals surface area contributed by atoms with Crippen LogP contribution in [0.15, 0.2) is 30.5 Å². The van der Waals surface area contributed by atoms with Gasteiger partial charge in [-0.3, -0.25) is 19.6 Å². The Morgan fingerprint density at radius 3 is 2.68 bits per heavy atom. The van der Waals surface area contributed by atoms with Gasteiger partial charge >= 0.3 is 5.69 Å². The van der Waals surface area contributed by atoms with Crippen LogP contribution in [0.5, 0.6) is 0 Å².